The van der Waals surface area contributed by atoms with Gasteiger partial charge in [-0.25, -0.2) is 13.1 Å². The lowest BCUT2D eigenvalue weighted by Crippen LogP contribution is -2.33. The summed E-state index contributed by atoms with van der Waals surface area (Å²) in [4.78, 5) is 13.7. The molecule has 1 aliphatic rings. The van der Waals surface area contributed by atoms with Crippen molar-refractivity contribution in [2.75, 3.05) is 4.90 Å². The molecule has 0 spiro atoms. The SMILES string of the molecule is CC(=O)N1c2cc(S(=O)(=O)NCc3ccc(Cl)cc3)c(Br)cc2C[C@H]1C. The largest absolute Gasteiger partial charge is 0.309 e. The van der Waals surface area contributed by atoms with Crippen LogP contribution in [0.2, 0.25) is 5.02 Å². The molecule has 26 heavy (non-hydrogen) atoms. The molecule has 3 rings (SSSR count). The van der Waals surface area contributed by atoms with Gasteiger partial charge in [0, 0.05) is 34.7 Å². The van der Waals surface area contributed by atoms with Gasteiger partial charge in [0.1, 0.15) is 0 Å². The van der Waals surface area contributed by atoms with Crippen molar-refractivity contribution in [1.82, 2.24) is 4.72 Å². The van der Waals surface area contributed by atoms with Crippen LogP contribution in [0, 0.1) is 0 Å². The summed E-state index contributed by atoms with van der Waals surface area (Å²) in [5.74, 6) is -0.101. The minimum atomic E-state index is -3.76. The second kappa shape index (κ2) is 7.31. The molecule has 1 atom stereocenters. The zero-order chi connectivity index (χ0) is 19.1. The summed E-state index contributed by atoms with van der Waals surface area (Å²) in [6.07, 6.45) is 0.700. The fourth-order valence-corrected chi connectivity index (χ4v) is 5.41. The van der Waals surface area contributed by atoms with Gasteiger partial charge in [0.15, 0.2) is 0 Å². The van der Waals surface area contributed by atoms with Crippen molar-refractivity contribution in [2.45, 2.75) is 37.8 Å². The maximum Gasteiger partial charge on any atom is 0.242 e. The standard InChI is InChI=1S/C18H18BrClN2O3S/c1-11-7-14-8-16(19)18(9-17(14)22(11)12(2)23)26(24,25)21-10-13-3-5-15(20)6-4-13/h3-6,8-9,11,21H,7,10H2,1-2H3/t11-/m1/s1. The van der Waals surface area contributed by atoms with Gasteiger partial charge in [0.25, 0.3) is 0 Å². The van der Waals surface area contributed by atoms with Crippen LogP contribution in [0.5, 0.6) is 0 Å². The lowest BCUT2D eigenvalue weighted by Gasteiger charge is -2.21. The molecular formula is C18H18BrClN2O3S. The van der Waals surface area contributed by atoms with Gasteiger partial charge in [0.05, 0.1) is 4.90 Å². The van der Waals surface area contributed by atoms with Gasteiger partial charge in [-0.2, -0.15) is 0 Å². The average Bonchev–Trinajstić information content (AvgIpc) is 2.88. The van der Waals surface area contributed by atoms with Crippen molar-refractivity contribution in [3.8, 4) is 0 Å². The Kier molecular flexibility index (Phi) is 5.44. The maximum absolute atomic E-state index is 12.8. The van der Waals surface area contributed by atoms with E-state index in [0.717, 1.165) is 11.1 Å². The second-order valence-electron chi connectivity index (χ2n) is 6.30. The molecule has 1 N–H and O–H groups in total. The minimum Gasteiger partial charge on any atom is -0.309 e. The van der Waals surface area contributed by atoms with Crippen molar-refractivity contribution >= 4 is 49.1 Å². The van der Waals surface area contributed by atoms with Crippen LogP contribution in [0.4, 0.5) is 5.69 Å². The minimum absolute atomic E-state index is 0.00869. The normalized spacial score (nSPS) is 16.6. The molecule has 0 aromatic heterocycles. The van der Waals surface area contributed by atoms with E-state index in [-0.39, 0.29) is 23.4 Å². The smallest absolute Gasteiger partial charge is 0.242 e. The number of sulfonamides is 1. The number of fused-ring (bicyclic) bond motifs is 1. The summed E-state index contributed by atoms with van der Waals surface area (Å²) in [6.45, 7) is 3.58. The Morgan fingerprint density at radius 1 is 1.31 bits per heavy atom. The number of nitrogens with zero attached hydrogens (tertiary/aromatic N) is 1. The fraction of sp³-hybridized carbons (Fsp3) is 0.278. The first-order valence-corrected chi connectivity index (χ1v) is 10.7. The van der Waals surface area contributed by atoms with Crippen molar-refractivity contribution in [2.24, 2.45) is 0 Å². The highest BCUT2D eigenvalue weighted by atomic mass is 79.9. The topological polar surface area (TPSA) is 66.5 Å². The Balaban J connectivity index is 1.90. The third kappa shape index (κ3) is 3.81. The van der Waals surface area contributed by atoms with Crippen LogP contribution in [0.1, 0.15) is 25.0 Å². The van der Waals surface area contributed by atoms with E-state index < -0.39 is 10.0 Å². The zero-order valence-corrected chi connectivity index (χ0v) is 17.5. The molecule has 0 aliphatic carbocycles. The van der Waals surface area contributed by atoms with Crippen LogP contribution in [-0.4, -0.2) is 20.4 Å². The van der Waals surface area contributed by atoms with Crippen molar-refractivity contribution in [3.63, 3.8) is 0 Å². The molecule has 0 saturated heterocycles. The van der Waals surface area contributed by atoms with Gasteiger partial charge >= 0.3 is 0 Å². The number of carbonyl (C=O) groups excluding carboxylic acids is 1. The lowest BCUT2D eigenvalue weighted by atomic mass is 10.1. The van der Waals surface area contributed by atoms with Crippen LogP contribution >= 0.6 is 27.5 Å². The number of hydrogen-bond acceptors (Lipinski definition) is 3. The first-order valence-electron chi connectivity index (χ1n) is 8.05. The van der Waals surface area contributed by atoms with Crippen molar-refractivity contribution in [3.05, 3.63) is 57.0 Å². The number of amides is 1. The number of carbonyl (C=O) groups is 1. The highest BCUT2D eigenvalue weighted by Crippen LogP contribution is 2.37. The number of benzene rings is 2. The van der Waals surface area contributed by atoms with E-state index in [1.54, 1.807) is 41.3 Å². The maximum atomic E-state index is 12.8. The molecule has 5 nitrogen and oxygen atoms in total. The monoisotopic (exact) mass is 456 g/mol. The third-order valence-electron chi connectivity index (χ3n) is 4.36. The van der Waals surface area contributed by atoms with Gasteiger partial charge in [-0.15, -0.1) is 0 Å². The molecule has 0 bridgehead atoms. The van der Waals surface area contributed by atoms with Gasteiger partial charge < -0.3 is 4.90 Å². The highest BCUT2D eigenvalue weighted by Gasteiger charge is 2.31. The van der Waals surface area contributed by atoms with E-state index in [0.29, 0.717) is 21.6 Å². The summed E-state index contributed by atoms with van der Waals surface area (Å²) in [7, 11) is -3.76. The lowest BCUT2D eigenvalue weighted by molar-refractivity contribution is -0.116. The van der Waals surface area contributed by atoms with Gasteiger partial charge in [0.2, 0.25) is 15.9 Å². The molecule has 1 amide bonds. The number of anilines is 1. The highest BCUT2D eigenvalue weighted by molar-refractivity contribution is 9.10. The Morgan fingerprint density at radius 3 is 2.58 bits per heavy atom. The Morgan fingerprint density at radius 2 is 1.96 bits per heavy atom. The number of nitrogens with one attached hydrogen (secondary N) is 1. The molecule has 1 heterocycles. The number of hydrogen-bond donors (Lipinski definition) is 1. The van der Waals surface area contributed by atoms with Crippen LogP contribution in [0.3, 0.4) is 0 Å². The fourth-order valence-electron chi connectivity index (χ4n) is 3.16. The molecule has 138 valence electrons. The first-order chi connectivity index (χ1) is 12.2. The predicted octanol–water partition coefficient (Wildman–Crippen LogP) is 3.88. The van der Waals surface area contributed by atoms with E-state index in [4.69, 9.17) is 11.6 Å². The van der Waals surface area contributed by atoms with E-state index >= 15 is 0 Å². The molecule has 2 aromatic rings. The van der Waals surface area contributed by atoms with Crippen LogP contribution in [0.25, 0.3) is 0 Å². The second-order valence-corrected chi connectivity index (χ2v) is 9.33. The van der Waals surface area contributed by atoms with E-state index in [2.05, 4.69) is 20.7 Å². The first kappa shape index (κ1) is 19.4. The third-order valence-corrected chi connectivity index (χ3v) is 6.97. The van der Waals surface area contributed by atoms with Gasteiger partial charge in [-0.1, -0.05) is 23.7 Å². The van der Waals surface area contributed by atoms with Crippen LogP contribution in [-0.2, 0) is 27.8 Å². The summed E-state index contributed by atoms with van der Waals surface area (Å²) < 4.78 is 28.6. The molecule has 0 fully saturated rings. The Labute approximate surface area is 166 Å². The molecule has 0 radical (unpaired) electrons. The Hall–Kier alpha value is -1.41. The Bertz CT molecular complexity index is 961. The molecule has 2 aromatic carbocycles. The molecule has 0 saturated carbocycles. The van der Waals surface area contributed by atoms with Crippen LogP contribution in [0.15, 0.2) is 45.8 Å². The molecule has 8 heteroatoms. The summed E-state index contributed by atoms with van der Waals surface area (Å²) in [5.41, 5.74) is 2.41. The summed E-state index contributed by atoms with van der Waals surface area (Å²) >= 11 is 9.20. The molecular weight excluding hydrogens is 440 g/mol. The van der Waals surface area contributed by atoms with E-state index in [1.807, 2.05) is 6.92 Å². The van der Waals surface area contributed by atoms with E-state index in [9.17, 15) is 13.2 Å². The number of rotatable bonds is 4. The van der Waals surface area contributed by atoms with Crippen molar-refractivity contribution in [1.29, 1.82) is 0 Å². The van der Waals surface area contributed by atoms with Gasteiger partial charge in [-0.05, 0) is 64.7 Å². The number of halogens is 2. The summed E-state index contributed by atoms with van der Waals surface area (Å²) in [5, 5.41) is 0.594. The molecule has 0 unspecified atom stereocenters. The van der Waals surface area contributed by atoms with Gasteiger partial charge in [-0.3, -0.25) is 4.79 Å². The predicted molar refractivity (Wildman–Crippen MR) is 106 cm³/mol. The average molecular weight is 458 g/mol. The van der Waals surface area contributed by atoms with E-state index in [1.165, 1.54) is 6.92 Å². The van der Waals surface area contributed by atoms with Crippen LogP contribution < -0.4 is 9.62 Å². The quantitative estimate of drug-likeness (QED) is 0.758. The zero-order valence-electron chi connectivity index (χ0n) is 14.3. The molecule has 1 aliphatic heterocycles. The van der Waals surface area contributed by atoms with Crippen molar-refractivity contribution < 1.29 is 13.2 Å². The summed E-state index contributed by atoms with van der Waals surface area (Å²) in [6, 6.07) is 10.3.